The lowest BCUT2D eigenvalue weighted by molar-refractivity contribution is 0.101. The van der Waals surface area contributed by atoms with Gasteiger partial charge in [0.05, 0.1) is 18.3 Å². The molecule has 0 saturated carbocycles. The van der Waals surface area contributed by atoms with Crippen molar-refractivity contribution in [3.05, 3.63) is 53.9 Å². The molecule has 2 rings (SSSR count). The molecule has 1 aromatic heterocycles. The Labute approximate surface area is 88.4 Å². The van der Waals surface area contributed by atoms with Gasteiger partial charge in [-0.05, 0) is 12.5 Å². The summed E-state index contributed by atoms with van der Waals surface area (Å²) in [6.45, 7) is 2.25. The average Bonchev–Trinajstić information content (AvgIpc) is 2.68. The van der Waals surface area contributed by atoms with E-state index in [1.54, 1.807) is 24.0 Å². The summed E-state index contributed by atoms with van der Waals surface area (Å²) >= 11 is 0. The van der Waals surface area contributed by atoms with E-state index in [-0.39, 0.29) is 5.78 Å². The van der Waals surface area contributed by atoms with E-state index in [0.29, 0.717) is 12.1 Å². The number of hydrogen-bond donors (Lipinski definition) is 0. The first-order valence-electron chi connectivity index (χ1n) is 4.83. The number of carbonyl (C=O) groups is 1. The molecule has 76 valence electrons. The van der Waals surface area contributed by atoms with Crippen LogP contribution in [0.2, 0.25) is 0 Å². The Bertz CT molecular complexity index is 459. The van der Waals surface area contributed by atoms with Crippen molar-refractivity contribution in [2.45, 2.75) is 13.5 Å². The number of benzene rings is 1. The lowest BCUT2D eigenvalue weighted by Gasteiger charge is -2.00. The van der Waals surface area contributed by atoms with Gasteiger partial charge in [0.15, 0.2) is 5.78 Å². The quantitative estimate of drug-likeness (QED) is 0.711. The minimum absolute atomic E-state index is 0.0503. The van der Waals surface area contributed by atoms with Gasteiger partial charge in [0.25, 0.3) is 0 Å². The Morgan fingerprint density at radius 2 is 2.07 bits per heavy atom. The number of hydrogen-bond acceptors (Lipinski definition) is 2. The molecule has 0 atom stereocenters. The van der Waals surface area contributed by atoms with Crippen molar-refractivity contribution in [2.24, 2.45) is 0 Å². The molecule has 0 aliphatic carbocycles. The first-order valence-corrected chi connectivity index (χ1v) is 4.83. The van der Waals surface area contributed by atoms with Crippen molar-refractivity contribution in [1.29, 1.82) is 0 Å². The van der Waals surface area contributed by atoms with E-state index in [1.807, 2.05) is 30.3 Å². The number of aromatic nitrogens is 2. The molecule has 0 aliphatic heterocycles. The maximum atomic E-state index is 11.1. The van der Waals surface area contributed by atoms with Crippen LogP contribution in [0.25, 0.3) is 0 Å². The van der Waals surface area contributed by atoms with Crippen molar-refractivity contribution in [1.82, 2.24) is 9.78 Å². The second-order valence-corrected chi connectivity index (χ2v) is 3.47. The lowest BCUT2D eigenvalue weighted by atomic mass is 10.2. The second kappa shape index (κ2) is 4.09. The average molecular weight is 200 g/mol. The molecule has 2 aromatic rings. The third kappa shape index (κ3) is 2.31. The maximum Gasteiger partial charge on any atom is 0.162 e. The zero-order valence-corrected chi connectivity index (χ0v) is 8.55. The van der Waals surface area contributed by atoms with Gasteiger partial charge >= 0.3 is 0 Å². The minimum atomic E-state index is 0.0503. The summed E-state index contributed by atoms with van der Waals surface area (Å²) in [4.78, 5) is 11.1. The van der Waals surface area contributed by atoms with E-state index in [9.17, 15) is 4.79 Å². The van der Waals surface area contributed by atoms with Crippen molar-refractivity contribution < 1.29 is 4.79 Å². The predicted octanol–water partition coefficient (Wildman–Crippen LogP) is 2.13. The summed E-state index contributed by atoms with van der Waals surface area (Å²) in [7, 11) is 0. The van der Waals surface area contributed by atoms with Crippen molar-refractivity contribution in [2.75, 3.05) is 0 Å². The van der Waals surface area contributed by atoms with Crippen LogP contribution in [0.3, 0.4) is 0 Å². The number of ketones is 1. The molecule has 0 spiro atoms. The highest BCUT2D eigenvalue weighted by Gasteiger charge is 2.02. The van der Waals surface area contributed by atoms with E-state index in [1.165, 1.54) is 5.56 Å². The molecular formula is C12H12N2O. The molecule has 0 fully saturated rings. The van der Waals surface area contributed by atoms with E-state index in [0.717, 1.165) is 0 Å². The molecule has 1 aromatic carbocycles. The topological polar surface area (TPSA) is 34.9 Å². The van der Waals surface area contributed by atoms with Crippen LogP contribution in [-0.4, -0.2) is 15.6 Å². The Morgan fingerprint density at radius 3 is 2.67 bits per heavy atom. The van der Waals surface area contributed by atoms with Crippen molar-refractivity contribution >= 4 is 5.78 Å². The standard InChI is InChI=1S/C12H12N2O/c1-10(15)12-7-13-14(9-12)8-11-5-3-2-4-6-11/h2-7,9H,8H2,1H3. The highest BCUT2D eigenvalue weighted by molar-refractivity contribution is 5.93. The third-order valence-electron chi connectivity index (χ3n) is 2.23. The van der Waals surface area contributed by atoms with Gasteiger partial charge in [0, 0.05) is 6.20 Å². The number of nitrogens with zero attached hydrogens (tertiary/aromatic N) is 2. The molecule has 0 saturated heterocycles. The summed E-state index contributed by atoms with van der Waals surface area (Å²) in [5.41, 5.74) is 1.83. The van der Waals surface area contributed by atoms with Gasteiger partial charge in [0.2, 0.25) is 0 Å². The summed E-state index contributed by atoms with van der Waals surface area (Å²) in [5, 5.41) is 4.13. The molecule has 0 unspecified atom stereocenters. The van der Waals surface area contributed by atoms with Crippen LogP contribution in [0.4, 0.5) is 0 Å². The first-order chi connectivity index (χ1) is 7.25. The van der Waals surface area contributed by atoms with Gasteiger partial charge in [-0.25, -0.2) is 0 Å². The Balaban J connectivity index is 2.15. The molecular weight excluding hydrogens is 188 g/mol. The lowest BCUT2D eigenvalue weighted by Crippen LogP contribution is -1.99. The van der Waals surface area contributed by atoms with Gasteiger partial charge in [-0.15, -0.1) is 0 Å². The van der Waals surface area contributed by atoms with Gasteiger partial charge in [0.1, 0.15) is 0 Å². The highest BCUT2D eigenvalue weighted by Crippen LogP contribution is 2.04. The van der Waals surface area contributed by atoms with Crippen LogP contribution in [0.1, 0.15) is 22.8 Å². The van der Waals surface area contributed by atoms with Crippen LogP contribution < -0.4 is 0 Å². The SMILES string of the molecule is CC(=O)c1cnn(Cc2ccccc2)c1. The summed E-state index contributed by atoms with van der Waals surface area (Å²) in [6.07, 6.45) is 3.38. The summed E-state index contributed by atoms with van der Waals surface area (Å²) in [6, 6.07) is 10.0. The van der Waals surface area contributed by atoms with Crippen molar-refractivity contribution in [3.8, 4) is 0 Å². The molecule has 0 N–H and O–H groups in total. The van der Waals surface area contributed by atoms with Gasteiger partial charge in [-0.1, -0.05) is 30.3 Å². The molecule has 0 amide bonds. The Kier molecular flexibility index (Phi) is 2.63. The fraction of sp³-hybridized carbons (Fsp3) is 0.167. The van der Waals surface area contributed by atoms with E-state index < -0.39 is 0 Å². The predicted molar refractivity (Wildman–Crippen MR) is 57.8 cm³/mol. The zero-order valence-electron chi connectivity index (χ0n) is 8.55. The van der Waals surface area contributed by atoms with Crippen LogP contribution in [0.5, 0.6) is 0 Å². The fourth-order valence-electron chi connectivity index (χ4n) is 1.40. The molecule has 3 heteroatoms. The minimum Gasteiger partial charge on any atom is -0.294 e. The smallest absolute Gasteiger partial charge is 0.162 e. The maximum absolute atomic E-state index is 11.1. The molecule has 0 radical (unpaired) electrons. The number of Topliss-reactive ketones (excluding diaryl/α,β-unsaturated/α-hetero) is 1. The van der Waals surface area contributed by atoms with Crippen LogP contribution in [0, 0.1) is 0 Å². The molecule has 15 heavy (non-hydrogen) atoms. The zero-order chi connectivity index (χ0) is 10.7. The molecule has 0 aliphatic rings. The third-order valence-corrected chi connectivity index (χ3v) is 2.23. The van der Waals surface area contributed by atoms with E-state index in [2.05, 4.69) is 5.10 Å². The molecule has 3 nitrogen and oxygen atoms in total. The summed E-state index contributed by atoms with van der Waals surface area (Å²) < 4.78 is 1.77. The van der Waals surface area contributed by atoms with Crippen LogP contribution in [-0.2, 0) is 6.54 Å². The van der Waals surface area contributed by atoms with Crippen LogP contribution >= 0.6 is 0 Å². The van der Waals surface area contributed by atoms with Gasteiger partial charge in [-0.3, -0.25) is 9.48 Å². The first kappa shape index (κ1) is 9.65. The fourth-order valence-corrected chi connectivity index (χ4v) is 1.40. The van der Waals surface area contributed by atoms with Crippen LogP contribution in [0.15, 0.2) is 42.7 Å². The Hall–Kier alpha value is -1.90. The van der Waals surface area contributed by atoms with Gasteiger partial charge < -0.3 is 0 Å². The monoisotopic (exact) mass is 200 g/mol. The normalized spacial score (nSPS) is 10.2. The molecule has 0 bridgehead atoms. The van der Waals surface area contributed by atoms with Gasteiger partial charge in [-0.2, -0.15) is 5.10 Å². The number of rotatable bonds is 3. The van der Waals surface area contributed by atoms with E-state index in [4.69, 9.17) is 0 Å². The van der Waals surface area contributed by atoms with E-state index >= 15 is 0 Å². The molecule has 1 heterocycles. The summed E-state index contributed by atoms with van der Waals surface area (Å²) in [5.74, 6) is 0.0503. The Morgan fingerprint density at radius 1 is 1.33 bits per heavy atom. The largest absolute Gasteiger partial charge is 0.294 e. The number of carbonyl (C=O) groups excluding carboxylic acids is 1. The second-order valence-electron chi connectivity index (χ2n) is 3.47. The van der Waals surface area contributed by atoms with Crippen molar-refractivity contribution in [3.63, 3.8) is 0 Å². The highest BCUT2D eigenvalue weighted by atomic mass is 16.1.